The van der Waals surface area contributed by atoms with Crippen LogP contribution in [0.5, 0.6) is 0 Å². The van der Waals surface area contributed by atoms with E-state index in [0.29, 0.717) is 12.3 Å². The van der Waals surface area contributed by atoms with Crippen molar-refractivity contribution in [2.45, 2.75) is 33.1 Å². The zero-order valence-corrected chi connectivity index (χ0v) is 10.1. The van der Waals surface area contributed by atoms with Crippen molar-refractivity contribution in [3.8, 4) is 0 Å². The molecule has 0 N–H and O–H groups in total. The molecule has 0 bridgehead atoms. The van der Waals surface area contributed by atoms with Gasteiger partial charge in [0, 0.05) is 13.0 Å². The number of carbonyl (C=O) groups is 1. The molecule has 1 heterocycles. The molecule has 0 amide bonds. The molecule has 1 aliphatic rings. The van der Waals surface area contributed by atoms with E-state index in [2.05, 4.69) is 31.4 Å². The highest BCUT2D eigenvalue weighted by Crippen LogP contribution is 2.21. The van der Waals surface area contributed by atoms with E-state index in [9.17, 15) is 4.79 Å². The molecule has 1 fully saturated rings. The Balaban J connectivity index is 2.21. The van der Waals surface area contributed by atoms with Crippen LogP contribution in [-0.4, -0.2) is 29.6 Å². The van der Waals surface area contributed by atoms with Crippen LogP contribution in [0.25, 0.3) is 0 Å². The fourth-order valence-electron chi connectivity index (χ4n) is 2.14. The summed E-state index contributed by atoms with van der Waals surface area (Å²) >= 11 is 3.83. The average Bonchev–Trinajstić information content (AvgIpc) is 2.06. The van der Waals surface area contributed by atoms with Gasteiger partial charge in [0.1, 0.15) is 0 Å². The standard InChI is InChI=1S/C11H21NOS/c1-9(2)8-12-5-3-10(4-6-12)7-11(13)14/h9-10H,3-8H2,1-2H3,(H,13,14). The summed E-state index contributed by atoms with van der Waals surface area (Å²) in [4.78, 5) is 13.3. The first-order valence-corrected chi connectivity index (χ1v) is 5.96. The van der Waals surface area contributed by atoms with Crippen LogP contribution in [0.1, 0.15) is 33.1 Å². The van der Waals surface area contributed by atoms with E-state index in [-0.39, 0.29) is 5.12 Å². The summed E-state index contributed by atoms with van der Waals surface area (Å²) in [6.45, 7) is 8.02. The Kier molecular flexibility index (Phi) is 4.96. The van der Waals surface area contributed by atoms with E-state index in [1.54, 1.807) is 0 Å². The molecule has 0 aromatic heterocycles. The highest BCUT2D eigenvalue weighted by Gasteiger charge is 2.20. The molecule has 1 aliphatic heterocycles. The van der Waals surface area contributed by atoms with Crippen molar-refractivity contribution in [2.75, 3.05) is 19.6 Å². The minimum absolute atomic E-state index is 0.0484. The van der Waals surface area contributed by atoms with Crippen LogP contribution in [0.3, 0.4) is 0 Å². The molecule has 0 aromatic rings. The first-order chi connectivity index (χ1) is 6.58. The van der Waals surface area contributed by atoms with Gasteiger partial charge in [-0.2, -0.15) is 0 Å². The van der Waals surface area contributed by atoms with Gasteiger partial charge < -0.3 is 4.90 Å². The highest BCUT2D eigenvalue weighted by atomic mass is 32.1. The zero-order valence-electron chi connectivity index (χ0n) is 9.20. The lowest BCUT2D eigenvalue weighted by Crippen LogP contribution is -2.36. The van der Waals surface area contributed by atoms with E-state index in [0.717, 1.165) is 19.0 Å². The lowest BCUT2D eigenvalue weighted by molar-refractivity contribution is -0.111. The van der Waals surface area contributed by atoms with Crippen LogP contribution in [0.4, 0.5) is 0 Å². The number of carbonyl (C=O) groups excluding carboxylic acids is 1. The second-order valence-corrected chi connectivity index (χ2v) is 5.23. The molecule has 3 heteroatoms. The number of nitrogens with zero attached hydrogens (tertiary/aromatic N) is 1. The fraction of sp³-hybridized carbons (Fsp3) is 0.909. The molecule has 0 aromatic carbocycles. The maximum absolute atomic E-state index is 10.8. The maximum atomic E-state index is 10.8. The SMILES string of the molecule is CC(C)CN1CCC(CC(=O)S)CC1. The first kappa shape index (κ1) is 12.1. The molecular formula is C11H21NOS. The van der Waals surface area contributed by atoms with Gasteiger partial charge in [-0.1, -0.05) is 13.8 Å². The van der Waals surface area contributed by atoms with Crippen molar-refractivity contribution in [2.24, 2.45) is 11.8 Å². The van der Waals surface area contributed by atoms with Crippen molar-refractivity contribution >= 4 is 17.7 Å². The number of rotatable bonds is 4. The summed E-state index contributed by atoms with van der Waals surface area (Å²) in [6, 6.07) is 0. The zero-order chi connectivity index (χ0) is 10.6. The van der Waals surface area contributed by atoms with Crippen molar-refractivity contribution in [1.29, 1.82) is 0 Å². The number of hydrogen-bond donors (Lipinski definition) is 1. The van der Waals surface area contributed by atoms with Gasteiger partial charge in [-0.15, -0.1) is 12.6 Å². The molecule has 0 spiro atoms. The fourth-order valence-corrected chi connectivity index (χ4v) is 2.39. The Morgan fingerprint density at radius 1 is 1.43 bits per heavy atom. The molecule has 14 heavy (non-hydrogen) atoms. The Morgan fingerprint density at radius 2 is 2.00 bits per heavy atom. The van der Waals surface area contributed by atoms with Crippen LogP contribution in [-0.2, 0) is 4.79 Å². The maximum Gasteiger partial charge on any atom is 0.186 e. The summed E-state index contributed by atoms with van der Waals surface area (Å²) in [7, 11) is 0. The van der Waals surface area contributed by atoms with Gasteiger partial charge >= 0.3 is 0 Å². The average molecular weight is 215 g/mol. The molecule has 0 unspecified atom stereocenters. The summed E-state index contributed by atoms with van der Waals surface area (Å²) in [5.74, 6) is 1.33. The predicted molar refractivity (Wildman–Crippen MR) is 62.6 cm³/mol. The Hall–Kier alpha value is -0.0200. The van der Waals surface area contributed by atoms with Crippen molar-refractivity contribution < 1.29 is 4.79 Å². The second kappa shape index (κ2) is 5.76. The summed E-state index contributed by atoms with van der Waals surface area (Å²) in [6.07, 6.45) is 3.00. The highest BCUT2D eigenvalue weighted by molar-refractivity contribution is 7.96. The lowest BCUT2D eigenvalue weighted by Gasteiger charge is -2.32. The quantitative estimate of drug-likeness (QED) is 0.726. The summed E-state index contributed by atoms with van der Waals surface area (Å²) in [5.41, 5.74) is 0. The van der Waals surface area contributed by atoms with E-state index in [1.165, 1.54) is 19.4 Å². The second-order valence-electron chi connectivity index (χ2n) is 4.74. The third-order valence-corrected chi connectivity index (χ3v) is 2.98. The van der Waals surface area contributed by atoms with Crippen LogP contribution in [0.15, 0.2) is 0 Å². The Morgan fingerprint density at radius 3 is 2.43 bits per heavy atom. The van der Waals surface area contributed by atoms with Crippen LogP contribution < -0.4 is 0 Å². The molecule has 0 aliphatic carbocycles. The minimum Gasteiger partial charge on any atom is -0.303 e. The minimum atomic E-state index is 0.0484. The third-order valence-electron chi connectivity index (χ3n) is 2.79. The largest absolute Gasteiger partial charge is 0.303 e. The van der Waals surface area contributed by atoms with E-state index >= 15 is 0 Å². The number of likely N-dealkylation sites (tertiary alicyclic amines) is 1. The van der Waals surface area contributed by atoms with E-state index < -0.39 is 0 Å². The molecule has 1 saturated heterocycles. The summed E-state index contributed by atoms with van der Waals surface area (Å²) in [5, 5.41) is 0.0484. The van der Waals surface area contributed by atoms with Gasteiger partial charge in [0.25, 0.3) is 0 Å². The summed E-state index contributed by atoms with van der Waals surface area (Å²) < 4.78 is 0. The lowest BCUT2D eigenvalue weighted by atomic mass is 9.93. The normalized spacial score (nSPS) is 20.3. The van der Waals surface area contributed by atoms with Gasteiger partial charge in [-0.3, -0.25) is 4.79 Å². The van der Waals surface area contributed by atoms with Crippen LogP contribution in [0, 0.1) is 11.8 Å². The van der Waals surface area contributed by atoms with Gasteiger partial charge in [0.15, 0.2) is 5.12 Å². The van der Waals surface area contributed by atoms with Gasteiger partial charge in [-0.25, -0.2) is 0 Å². The monoisotopic (exact) mass is 215 g/mol. The third kappa shape index (κ3) is 4.47. The Bertz CT molecular complexity index is 186. The number of hydrogen-bond acceptors (Lipinski definition) is 2. The molecular weight excluding hydrogens is 194 g/mol. The van der Waals surface area contributed by atoms with Crippen LogP contribution in [0.2, 0.25) is 0 Å². The molecule has 1 rings (SSSR count). The van der Waals surface area contributed by atoms with Crippen molar-refractivity contribution in [3.63, 3.8) is 0 Å². The van der Waals surface area contributed by atoms with Gasteiger partial charge in [-0.05, 0) is 37.8 Å². The molecule has 0 atom stereocenters. The first-order valence-electron chi connectivity index (χ1n) is 5.52. The van der Waals surface area contributed by atoms with Crippen LogP contribution >= 0.6 is 12.6 Å². The predicted octanol–water partition coefficient (Wildman–Crippen LogP) is 2.20. The van der Waals surface area contributed by atoms with Gasteiger partial charge in [0.2, 0.25) is 0 Å². The number of piperidine rings is 1. The molecule has 0 saturated carbocycles. The van der Waals surface area contributed by atoms with E-state index in [1.807, 2.05) is 0 Å². The number of thiol groups is 1. The van der Waals surface area contributed by atoms with E-state index in [4.69, 9.17) is 0 Å². The van der Waals surface area contributed by atoms with Crippen molar-refractivity contribution in [3.05, 3.63) is 0 Å². The Labute approximate surface area is 92.5 Å². The van der Waals surface area contributed by atoms with Gasteiger partial charge in [0.05, 0.1) is 0 Å². The molecule has 2 nitrogen and oxygen atoms in total. The molecule has 0 radical (unpaired) electrons. The molecule has 82 valence electrons. The topological polar surface area (TPSA) is 20.3 Å². The van der Waals surface area contributed by atoms with Crippen molar-refractivity contribution in [1.82, 2.24) is 4.90 Å². The smallest absolute Gasteiger partial charge is 0.186 e.